The van der Waals surface area contributed by atoms with Gasteiger partial charge < -0.3 is 15.1 Å². The third kappa shape index (κ3) is 5.57. The van der Waals surface area contributed by atoms with Gasteiger partial charge in [0.05, 0.1) is 6.04 Å². The summed E-state index contributed by atoms with van der Waals surface area (Å²) in [6.07, 6.45) is 0. The lowest BCUT2D eigenvalue weighted by molar-refractivity contribution is 0.0929. The van der Waals surface area contributed by atoms with Gasteiger partial charge in [0.25, 0.3) is 5.91 Å². The number of hydrogen-bond donors (Lipinski definition) is 1. The fraction of sp³-hybridized carbons (Fsp3) is 0.321. The van der Waals surface area contributed by atoms with Gasteiger partial charge in [0.1, 0.15) is 5.82 Å². The van der Waals surface area contributed by atoms with Crippen LogP contribution in [-0.2, 0) is 0 Å². The summed E-state index contributed by atoms with van der Waals surface area (Å²) < 4.78 is 13.3. The largest absolute Gasteiger partial charge is 0.378 e. The van der Waals surface area contributed by atoms with Crippen LogP contribution in [0.3, 0.4) is 0 Å². The van der Waals surface area contributed by atoms with Gasteiger partial charge in [-0.25, -0.2) is 4.39 Å². The maximum atomic E-state index is 13.3. The number of anilines is 2. The normalized spacial score (nSPS) is 15.1. The first-order chi connectivity index (χ1) is 16.4. The van der Waals surface area contributed by atoms with Crippen LogP contribution in [-0.4, -0.2) is 57.6 Å². The molecule has 1 saturated heterocycles. The molecule has 0 bridgehead atoms. The van der Waals surface area contributed by atoms with Crippen molar-refractivity contribution in [3.63, 3.8) is 0 Å². The third-order valence-corrected chi connectivity index (χ3v) is 6.59. The van der Waals surface area contributed by atoms with Crippen molar-refractivity contribution >= 4 is 17.3 Å². The van der Waals surface area contributed by atoms with Gasteiger partial charge in [-0.1, -0.05) is 30.3 Å². The minimum absolute atomic E-state index is 0.0436. The molecule has 6 heteroatoms. The molecule has 1 aliphatic rings. The quantitative estimate of drug-likeness (QED) is 0.564. The van der Waals surface area contributed by atoms with E-state index in [9.17, 15) is 9.18 Å². The van der Waals surface area contributed by atoms with Crippen molar-refractivity contribution in [3.05, 3.63) is 95.3 Å². The highest BCUT2D eigenvalue weighted by molar-refractivity contribution is 5.95. The molecule has 1 N–H and O–H groups in total. The van der Waals surface area contributed by atoms with Gasteiger partial charge >= 0.3 is 0 Å². The Bertz CT molecular complexity index is 1090. The summed E-state index contributed by atoms with van der Waals surface area (Å²) in [6.45, 7) is 5.91. The Morgan fingerprint density at radius 3 is 2.21 bits per heavy atom. The molecule has 1 heterocycles. The van der Waals surface area contributed by atoms with E-state index in [2.05, 4.69) is 44.3 Å². The molecule has 0 radical (unpaired) electrons. The standard InChI is InChI=1S/C28H33FN4O/c1-21-6-4-5-7-26(21)28(34)30-20-27(22-8-12-24(13-9-22)31(2)3)33-18-16-32(17-19-33)25-14-10-23(29)11-15-25/h4-15,27H,16-20H2,1-3H3,(H,30,34). The predicted octanol–water partition coefficient (Wildman–Crippen LogP) is 4.49. The van der Waals surface area contributed by atoms with E-state index in [-0.39, 0.29) is 17.8 Å². The first-order valence-corrected chi connectivity index (χ1v) is 11.8. The molecule has 5 nitrogen and oxygen atoms in total. The minimum Gasteiger partial charge on any atom is -0.378 e. The highest BCUT2D eigenvalue weighted by Gasteiger charge is 2.26. The smallest absolute Gasteiger partial charge is 0.251 e. The molecule has 1 atom stereocenters. The average Bonchev–Trinajstić information content (AvgIpc) is 2.85. The molecule has 0 saturated carbocycles. The Morgan fingerprint density at radius 2 is 1.59 bits per heavy atom. The Balaban J connectivity index is 1.49. The summed E-state index contributed by atoms with van der Waals surface area (Å²) in [7, 11) is 4.06. The zero-order valence-electron chi connectivity index (χ0n) is 20.2. The number of halogens is 1. The van der Waals surface area contributed by atoms with E-state index < -0.39 is 0 Å². The fourth-order valence-electron chi connectivity index (χ4n) is 4.51. The van der Waals surface area contributed by atoms with Crippen molar-refractivity contribution in [2.45, 2.75) is 13.0 Å². The molecule has 1 amide bonds. The lowest BCUT2D eigenvalue weighted by atomic mass is 10.0. The van der Waals surface area contributed by atoms with E-state index in [1.165, 1.54) is 17.7 Å². The molecule has 1 unspecified atom stereocenters. The second-order valence-electron chi connectivity index (χ2n) is 9.03. The van der Waals surface area contributed by atoms with Crippen LogP contribution in [0, 0.1) is 12.7 Å². The van der Waals surface area contributed by atoms with Gasteiger partial charge in [0.2, 0.25) is 0 Å². The second kappa shape index (κ2) is 10.7. The number of carbonyl (C=O) groups excluding carboxylic acids is 1. The molecule has 3 aromatic carbocycles. The Hall–Kier alpha value is -3.38. The topological polar surface area (TPSA) is 38.8 Å². The van der Waals surface area contributed by atoms with Gasteiger partial charge in [0.15, 0.2) is 0 Å². The summed E-state index contributed by atoms with van der Waals surface area (Å²) in [5.74, 6) is -0.258. The maximum Gasteiger partial charge on any atom is 0.251 e. The number of nitrogens with one attached hydrogen (secondary N) is 1. The Kier molecular flexibility index (Phi) is 7.48. The minimum atomic E-state index is -0.215. The van der Waals surface area contributed by atoms with Crippen LogP contribution in [0.25, 0.3) is 0 Å². The highest BCUT2D eigenvalue weighted by atomic mass is 19.1. The number of aryl methyl sites for hydroxylation is 1. The Labute approximate surface area is 201 Å². The number of benzene rings is 3. The molecule has 0 aromatic heterocycles. The van der Waals surface area contributed by atoms with Gasteiger partial charge in [-0.15, -0.1) is 0 Å². The van der Waals surface area contributed by atoms with Gasteiger partial charge in [-0.05, 0) is 60.5 Å². The first-order valence-electron chi connectivity index (χ1n) is 11.8. The molecule has 178 valence electrons. The van der Waals surface area contributed by atoms with E-state index >= 15 is 0 Å². The molecule has 4 rings (SSSR count). The van der Waals surface area contributed by atoms with Crippen molar-refractivity contribution in [2.75, 3.05) is 56.6 Å². The number of carbonyl (C=O) groups is 1. The molecule has 34 heavy (non-hydrogen) atoms. The van der Waals surface area contributed by atoms with Crippen LogP contribution in [0.1, 0.15) is 27.5 Å². The van der Waals surface area contributed by atoms with Crippen molar-refractivity contribution in [2.24, 2.45) is 0 Å². The van der Waals surface area contributed by atoms with E-state index in [0.717, 1.165) is 43.1 Å². The highest BCUT2D eigenvalue weighted by Crippen LogP contribution is 2.26. The maximum absolute atomic E-state index is 13.3. The lowest BCUT2D eigenvalue weighted by Crippen LogP contribution is -2.50. The summed E-state index contributed by atoms with van der Waals surface area (Å²) in [5.41, 5.74) is 5.06. The van der Waals surface area contributed by atoms with E-state index in [1.54, 1.807) is 0 Å². The van der Waals surface area contributed by atoms with Crippen LogP contribution in [0.4, 0.5) is 15.8 Å². The molecule has 0 spiro atoms. The van der Waals surface area contributed by atoms with Crippen LogP contribution >= 0.6 is 0 Å². The fourth-order valence-corrected chi connectivity index (χ4v) is 4.51. The van der Waals surface area contributed by atoms with Crippen molar-refractivity contribution in [1.82, 2.24) is 10.2 Å². The number of rotatable bonds is 7. The SMILES string of the molecule is Cc1ccccc1C(=O)NCC(c1ccc(N(C)C)cc1)N1CCN(c2ccc(F)cc2)CC1. The monoisotopic (exact) mass is 460 g/mol. The summed E-state index contributed by atoms with van der Waals surface area (Å²) in [5, 5.41) is 3.18. The Morgan fingerprint density at radius 1 is 0.941 bits per heavy atom. The van der Waals surface area contributed by atoms with E-state index in [4.69, 9.17) is 0 Å². The van der Waals surface area contributed by atoms with Crippen LogP contribution in [0.2, 0.25) is 0 Å². The molecular formula is C28H33FN4O. The van der Waals surface area contributed by atoms with E-state index in [1.807, 2.05) is 57.4 Å². The number of amides is 1. The summed E-state index contributed by atoms with van der Waals surface area (Å²) >= 11 is 0. The zero-order chi connectivity index (χ0) is 24.1. The average molecular weight is 461 g/mol. The summed E-state index contributed by atoms with van der Waals surface area (Å²) in [4.78, 5) is 19.7. The van der Waals surface area contributed by atoms with Crippen molar-refractivity contribution in [1.29, 1.82) is 0 Å². The molecule has 1 fully saturated rings. The second-order valence-corrected chi connectivity index (χ2v) is 9.03. The van der Waals surface area contributed by atoms with Gasteiger partial charge in [0, 0.05) is 63.8 Å². The van der Waals surface area contributed by atoms with Crippen LogP contribution < -0.4 is 15.1 Å². The lowest BCUT2D eigenvalue weighted by Gasteiger charge is -2.40. The van der Waals surface area contributed by atoms with Gasteiger partial charge in [-0.3, -0.25) is 9.69 Å². The van der Waals surface area contributed by atoms with Gasteiger partial charge in [-0.2, -0.15) is 0 Å². The number of nitrogens with zero attached hydrogens (tertiary/aromatic N) is 3. The molecule has 3 aromatic rings. The van der Waals surface area contributed by atoms with E-state index in [0.29, 0.717) is 12.1 Å². The van der Waals surface area contributed by atoms with Crippen molar-refractivity contribution < 1.29 is 9.18 Å². The third-order valence-electron chi connectivity index (χ3n) is 6.59. The number of piperazine rings is 1. The van der Waals surface area contributed by atoms with Crippen LogP contribution in [0.5, 0.6) is 0 Å². The van der Waals surface area contributed by atoms with Crippen LogP contribution in [0.15, 0.2) is 72.8 Å². The predicted molar refractivity (Wildman–Crippen MR) is 137 cm³/mol. The zero-order valence-corrected chi connectivity index (χ0v) is 20.2. The summed E-state index contributed by atoms with van der Waals surface area (Å²) in [6, 6.07) is 23.0. The molecular weight excluding hydrogens is 427 g/mol. The molecule has 1 aliphatic heterocycles. The molecule has 0 aliphatic carbocycles. The van der Waals surface area contributed by atoms with Crippen molar-refractivity contribution in [3.8, 4) is 0 Å². The number of hydrogen-bond acceptors (Lipinski definition) is 4. The first kappa shape index (κ1) is 23.8.